The molecule has 2 aromatic rings. The van der Waals surface area contributed by atoms with Gasteiger partial charge < -0.3 is 5.11 Å². The van der Waals surface area contributed by atoms with E-state index in [0.29, 0.717) is 12.1 Å². The summed E-state index contributed by atoms with van der Waals surface area (Å²) in [5.41, 5.74) is 1.59. The summed E-state index contributed by atoms with van der Waals surface area (Å²) in [5, 5.41) is 9.00. The lowest BCUT2D eigenvalue weighted by Crippen LogP contribution is -2.26. The summed E-state index contributed by atoms with van der Waals surface area (Å²) in [7, 11) is -1.99. The molecule has 0 aromatic heterocycles. The summed E-state index contributed by atoms with van der Waals surface area (Å²) >= 11 is 3.37. The van der Waals surface area contributed by atoms with Gasteiger partial charge in [0.05, 0.1) is 11.5 Å². The molecule has 0 unspecified atom stereocenters. The molecule has 2 rings (SSSR count). The quantitative estimate of drug-likeness (QED) is 0.881. The van der Waals surface area contributed by atoms with E-state index in [9.17, 15) is 8.42 Å². The number of hydrogen-bond donors (Lipinski definition) is 1. The van der Waals surface area contributed by atoms with Gasteiger partial charge in [0.25, 0.3) is 0 Å². The van der Waals surface area contributed by atoms with Crippen molar-refractivity contribution in [1.29, 1.82) is 0 Å². The zero-order valence-electron chi connectivity index (χ0n) is 11.5. The predicted molar refractivity (Wildman–Crippen MR) is 85.2 cm³/mol. The van der Waals surface area contributed by atoms with Crippen molar-refractivity contribution in [1.82, 2.24) is 4.31 Å². The van der Waals surface area contributed by atoms with Crippen molar-refractivity contribution in [3.63, 3.8) is 0 Å². The molecule has 0 radical (unpaired) electrons. The lowest BCUT2D eigenvalue weighted by Gasteiger charge is -2.17. The van der Waals surface area contributed by atoms with Gasteiger partial charge in [-0.1, -0.05) is 40.2 Å². The molecule has 4 nitrogen and oxygen atoms in total. The van der Waals surface area contributed by atoms with Crippen LogP contribution in [0.4, 0.5) is 0 Å². The summed E-state index contributed by atoms with van der Waals surface area (Å²) in [6.45, 7) is 0.192. The Kier molecular flexibility index (Phi) is 5.16. The highest BCUT2D eigenvalue weighted by Gasteiger charge is 2.20. The van der Waals surface area contributed by atoms with E-state index in [-0.39, 0.29) is 11.5 Å². The Labute approximate surface area is 133 Å². The first-order valence-electron chi connectivity index (χ1n) is 6.34. The van der Waals surface area contributed by atoms with Crippen LogP contribution in [0.3, 0.4) is 0 Å². The molecule has 0 fully saturated rings. The van der Waals surface area contributed by atoms with E-state index in [0.717, 1.165) is 10.0 Å². The summed E-state index contributed by atoms with van der Waals surface area (Å²) < 4.78 is 27.2. The van der Waals surface area contributed by atoms with Gasteiger partial charge in [-0.3, -0.25) is 0 Å². The highest BCUT2D eigenvalue weighted by atomic mass is 79.9. The fourth-order valence-electron chi connectivity index (χ4n) is 1.92. The molecule has 0 aliphatic heterocycles. The fourth-order valence-corrected chi connectivity index (χ4v) is 3.53. The van der Waals surface area contributed by atoms with Gasteiger partial charge in [-0.2, -0.15) is 4.31 Å². The van der Waals surface area contributed by atoms with Gasteiger partial charge in [0, 0.05) is 18.1 Å². The van der Waals surface area contributed by atoms with E-state index in [2.05, 4.69) is 15.9 Å². The van der Waals surface area contributed by atoms with Crippen molar-refractivity contribution in [2.45, 2.75) is 18.0 Å². The Morgan fingerprint density at radius 2 is 1.76 bits per heavy atom. The SMILES string of the molecule is CN(Cc1cccc(Br)c1)S(=O)(=O)c1ccc(CO)cc1. The average Bonchev–Trinajstić information content (AvgIpc) is 2.47. The van der Waals surface area contributed by atoms with Crippen molar-refractivity contribution >= 4 is 26.0 Å². The number of rotatable bonds is 5. The average molecular weight is 370 g/mol. The first-order valence-corrected chi connectivity index (χ1v) is 8.57. The maximum absolute atomic E-state index is 12.5. The van der Waals surface area contributed by atoms with Crippen LogP contribution in [0.1, 0.15) is 11.1 Å². The third kappa shape index (κ3) is 3.91. The van der Waals surface area contributed by atoms with Gasteiger partial charge in [0.15, 0.2) is 0 Å². The number of aliphatic hydroxyl groups is 1. The van der Waals surface area contributed by atoms with Crippen molar-refractivity contribution in [2.75, 3.05) is 7.05 Å². The second-order valence-corrected chi connectivity index (χ2v) is 7.65. The van der Waals surface area contributed by atoms with E-state index in [4.69, 9.17) is 5.11 Å². The number of nitrogens with zero attached hydrogens (tertiary/aromatic N) is 1. The van der Waals surface area contributed by atoms with Gasteiger partial charge in [-0.05, 0) is 35.4 Å². The monoisotopic (exact) mass is 369 g/mol. The zero-order chi connectivity index (χ0) is 15.5. The minimum atomic E-state index is -3.54. The topological polar surface area (TPSA) is 57.6 Å². The summed E-state index contributed by atoms with van der Waals surface area (Å²) in [6, 6.07) is 13.8. The molecule has 112 valence electrons. The number of aliphatic hydroxyl groups excluding tert-OH is 1. The molecule has 21 heavy (non-hydrogen) atoms. The molecule has 6 heteroatoms. The van der Waals surface area contributed by atoms with Crippen LogP contribution in [0, 0.1) is 0 Å². The molecule has 0 heterocycles. The molecule has 0 amide bonds. The maximum atomic E-state index is 12.5. The van der Waals surface area contributed by atoms with Crippen LogP contribution in [0.5, 0.6) is 0 Å². The van der Waals surface area contributed by atoms with Crippen molar-refractivity contribution in [3.05, 3.63) is 64.1 Å². The number of sulfonamides is 1. The third-order valence-electron chi connectivity index (χ3n) is 3.11. The van der Waals surface area contributed by atoms with Crippen molar-refractivity contribution in [3.8, 4) is 0 Å². The summed E-state index contributed by atoms with van der Waals surface area (Å²) in [4.78, 5) is 0.220. The van der Waals surface area contributed by atoms with Crippen LogP contribution in [-0.2, 0) is 23.2 Å². The Bertz CT molecular complexity index is 714. The molecule has 2 aromatic carbocycles. The molecule has 0 spiro atoms. The second kappa shape index (κ2) is 6.70. The van der Waals surface area contributed by atoms with Crippen LogP contribution in [0.25, 0.3) is 0 Å². The van der Waals surface area contributed by atoms with E-state index in [1.165, 1.54) is 16.4 Å². The molecule has 0 aliphatic rings. The highest BCUT2D eigenvalue weighted by molar-refractivity contribution is 9.10. The molecular weight excluding hydrogens is 354 g/mol. The largest absolute Gasteiger partial charge is 0.392 e. The smallest absolute Gasteiger partial charge is 0.243 e. The Hall–Kier alpha value is -1.21. The number of hydrogen-bond acceptors (Lipinski definition) is 3. The molecule has 0 atom stereocenters. The van der Waals surface area contributed by atoms with E-state index < -0.39 is 10.0 Å². The highest BCUT2D eigenvalue weighted by Crippen LogP contribution is 2.19. The van der Waals surface area contributed by atoms with Gasteiger partial charge in [0.2, 0.25) is 10.0 Å². The summed E-state index contributed by atoms with van der Waals surface area (Å²) in [6.07, 6.45) is 0. The molecule has 1 N–H and O–H groups in total. The van der Waals surface area contributed by atoms with Crippen molar-refractivity contribution < 1.29 is 13.5 Å². The lowest BCUT2D eigenvalue weighted by atomic mass is 10.2. The van der Waals surface area contributed by atoms with E-state index in [1.54, 1.807) is 19.2 Å². The van der Waals surface area contributed by atoms with Crippen LogP contribution < -0.4 is 0 Å². The Balaban J connectivity index is 2.21. The Morgan fingerprint density at radius 3 is 2.33 bits per heavy atom. The maximum Gasteiger partial charge on any atom is 0.243 e. The summed E-state index contributed by atoms with van der Waals surface area (Å²) in [5.74, 6) is 0. The van der Waals surface area contributed by atoms with Gasteiger partial charge >= 0.3 is 0 Å². The first kappa shape index (κ1) is 16.2. The lowest BCUT2D eigenvalue weighted by molar-refractivity contribution is 0.281. The molecule has 0 saturated carbocycles. The Morgan fingerprint density at radius 1 is 1.10 bits per heavy atom. The number of benzene rings is 2. The van der Waals surface area contributed by atoms with Crippen LogP contribution >= 0.6 is 15.9 Å². The number of halogens is 1. The van der Waals surface area contributed by atoms with Crippen LogP contribution in [-0.4, -0.2) is 24.9 Å². The minimum Gasteiger partial charge on any atom is -0.392 e. The second-order valence-electron chi connectivity index (χ2n) is 4.69. The van der Waals surface area contributed by atoms with E-state index in [1.807, 2.05) is 24.3 Å². The van der Waals surface area contributed by atoms with Crippen LogP contribution in [0.2, 0.25) is 0 Å². The fraction of sp³-hybridized carbons (Fsp3) is 0.200. The van der Waals surface area contributed by atoms with E-state index >= 15 is 0 Å². The molecule has 0 bridgehead atoms. The zero-order valence-corrected chi connectivity index (χ0v) is 13.9. The molecule has 0 aliphatic carbocycles. The normalized spacial score (nSPS) is 11.8. The molecular formula is C15H16BrNO3S. The molecule has 0 saturated heterocycles. The minimum absolute atomic E-state index is 0.103. The van der Waals surface area contributed by atoms with Crippen molar-refractivity contribution in [2.24, 2.45) is 0 Å². The predicted octanol–water partition coefficient (Wildman–Crippen LogP) is 2.76. The van der Waals surface area contributed by atoms with Crippen LogP contribution in [0.15, 0.2) is 57.9 Å². The first-order chi connectivity index (χ1) is 9.93. The van der Waals surface area contributed by atoms with Gasteiger partial charge in [-0.15, -0.1) is 0 Å². The van der Waals surface area contributed by atoms with Gasteiger partial charge in [0.1, 0.15) is 0 Å². The van der Waals surface area contributed by atoms with Gasteiger partial charge in [-0.25, -0.2) is 8.42 Å². The third-order valence-corrected chi connectivity index (χ3v) is 5.42. The standard InChI is InChI=1S/C15H16BrNO3S/c1-17(10-13-3-2-4-14(16)9-13)21(19,20)15-7-5-12(11-18)6-8-15/h2-9,18H,10-11H2,1H3.